The van der Waals surface area contributed by atoms with Crippen LogP contribution in [0.1, 0.15) is 5.56 Å². The van der Waals surface area contributed by atoms with Crippen molar-refractivity contribution in [3.63, 3.8) is 0 Å². The highest BCUT2D eigenvalue weighted by Crippen LogP contribution is 2.33. The van der Waals surface area contributed by atoms with Crippen LogP contribution in [-0.2, 0) is 10.0 Å². The summed E-state index contributed by atoms with van der Waals surface area (Å²) in [5.74, 6) is 0.373. The number of ether oxygens (including phenoxy) is 1. The van der Waals surface area contributed by atoms with Crippen molar-refractivity contribution in [2.24, 2.45) is 0 Å². The van der Waals surface area contributed by atoms with Crippen molar-refractivity contribution >= 4 is 37.8 Å². The third-order valence-corrected chi connectivity index (χ3v) is 8.54. The molecule has 0 saturated carbocycles. The van der Waals surface area contributed by atoms with Gasteiger partial charge in [0.2, 0.25) is 15.2 Å². The van der Waals surface area contributed by atoms with Crippen LogP contribution in [0.4, 0.5) is 5.13 Å². The van der Waals surface area contributed by atoms with Gasteiger partial charge in [0.15, 0.2) is 5.01 Å². The Morgan fingerprint density at radius 3 is 2.57 bits per heavy atom. The number of thiophene rings is 1. The van der Waals surface area contributed by atoms with Crippen molar-refractivity contribution in [1.29, 1.82) is 0 Å². The van der Waals surface area contributed by atoms with Crippen LogP contribution >= 0.6 is 22.7 Å². The Bertz CT molecular complexity index is 1060. The summed E-state index contributed by atoms with van der Waals surface area (Å²) in [5, 5.41) is 12.3. The zero-order valence-corrected chi connectivity index (χ0v) is 18.0. The van der Waals surface area contributed by atoms with Crippen molar-refractivity contribution in [1.82, 2.24) is 14.5 Å². The van der Waals surface area contributed by atoms with Crippen LogP contribution in [0.15, 0.2) is 40.6 Å². The van der Waals surface area contributed by atoms with Gasteiger partial charge in [-0.2, -0.15) is 4.31 Å². The second kappa shape index (κ2) is 7.78. The Morgan fingerprint density at radius 1 is 1.11 bits per heavy atom. The van der Waals surface area contributed by atoms with Crippen LogP contribution in [-0.4, -0.2) is 56.2 Å². The van der Waals surface area contributed by atoms with Gasteiger partial charge in [-0.25, -0.2) is 8.42 Å². The first-order valence-corrected chi connectivity index (χ1v) is 11.9. The van der Waals surface area contributed by atoms with Crippen molar-refractivity contribution in [2.75, 3.05) is 38.2 Å². The Kier molecular flexibility index (Phi) is 5.37. The lowest BCUT2D eigenvalue weighted by atomic mass is 10.2. The third kappa shape index (κ3) is 3.64. The number of benzene rings is 1. The number of anilines is 1. The molecule has 0 amide bonds. The van der Waals surface area contributed by atoms with E-state index >= 15 is 0 Å². The summed E-state index contributed by atoms with van der Waals surface area (Å²) in [6.07, 6.45) is 0. The first kappa shape index (κ1) is 19.3. The average molecular weight is 437 g/mol. The Morgan fingerprint density at radius 2 is 1.89 bits per heavy atom. The lowest BCUT2D eigenvalue weighted by Crippen LogP contribution is -2.48. The third-order valence-electron chi connectivity index (χ3n) is 4.59. The second-order valence-electron chi connectivity index (χ2n) is 6.41. The summed E-state index contributed by atoms with van der Waals surface area (Å²) < 4.78 is 33.0. The monoisotopic (exact) mass is 436 g/mol. The number of nitrogens with zero attached hydrogens (tertiary/aromatic N) is 4. The maximum atomic E-state index is 13.1. The van der Waals surface area contributed by atoms with E-state index < -0.39 is 10.0 Å². The fourth-order valence-corrected chi connectivity index (χ4v) is 6.44. The molecule has 28 heavy (non-hydrogen) atoms. The zero-order chi connectivity index (χ0) is 19.7. The predicted octanol–water partition coefficient (Wildman–Crippen LogP) is 3.09. The van der Waals surface area contributed by atoms with Gasteiger partial charge in [-0.3, -0.25) is 0 Å². The van der Waals surface area contributed by atoms with Crippen LogP contribution in [0.2, 0.25) is 0 Å². The largest absolute Gasteiger partial charge is 0.495 e. The molecule has 0 atom stereocenters. The molecule has 1 saturated heterocycles. The second-order valence-corrected chi connectivity index (χ2v) is 10.2. The van der Waals surface area contributed by atoms with Gasteiger partial charge in [-0.15, -0.1) is 21.5 Å². The zero-order valence-electron chi connectivity index (χ0n) is 15.5. The number of sulfonamides is 1. The molecule has 0 spiro atoms. The number of hydrogen-bond acceptors (Lipinski definition) is 8. The summed E-state index contributed by atoms with van der Waals surface area (Å²) in [7, 11) is -2.12. The number of hydrogen-bond donors (Lipinski definition) is 0. The van der Waals surface area contributed by atoms with Crippen LogP contribution < -0.4 is 9.64 Å². The minimum absolute atomic E-state index is 0.222. The van der Waals surface area contributed by atoms with Gasteiger partial charge in [0, 0.05) is 26.2 Å². The molecule has 3 aromatic rings. The quantitative estimate of drug-likeness (QED) is 0.612. The fourth-order valence-electron chi connectivity index (χ4n) is 3.09. The molecular weight excluding hydrogens is 416 g/mol. The average Bonchev–Trinajstić information content (AvgIpc) is 3.40. The summed E-state index contributed by atoms with van der Waals surface area (Å²) in [6.45, 7) is 3.82. The molecule has 1 aromatic carbocycles. The topological polar surface area (TPSA) is 75.6 Å². The molecule has 148 valence electrons. The van der Waals surface area contributed by atoms with E-state index in [0.717, 1.165) is 20.6 Å². The van der Waals surface area contributed by atoms with E-state index in [9.17, 15) is 8.42 Å². The Labute approximate surface area is 172 Å². The summed E-state index contributed by atoms with van der Waals surface area (Å²) >= 11 is 3.17. The predicted molar refractivity (Wildman–Crippen MR) is 112 cm³/mol. The van der Waals surface area contributed by atoms with E-state index in [-0.39, 0.29) is 4.90 Å². The molecule has 0 bridgehead atoms. The maximum absolute atomic E-state index is 13.1. The molecule has 1 aliphatic rings. The molecule has 1 aliphatic heterocycles. The van der Waals surface area contributed by atoms with Gasteiger partial charge in [-0.05, 0) is 36.1 Å². The van der Waals surface area contributed by atoms with Gasteiger partial charge in [-0.1, -0.05) is 23.5 Å². The van der Waals surface area contributed by atoms with Gasteiger partial charge in [0.05, 0.1) is 12.0 Å². The van der Waals surface area contributed by atoms with E-state index in [1.807, 2.05) is 30.5 Å². The molecular formula is C18H20N4O3S3. The van der Waals surface area contributed by atoms with Crippen molar-refractivity contribution < 1.29 is 13.2 Å². The SMILES string of the molecule is COc1ccc(C)cc1S(=O)(=O)N1CCN(c2nnc(-c3cccs3)s2)CC1. The summed E-state index contributed by atoms with van der Waals surface area (Å²) in [6, 6.07) is 9.22. The molecule has 1 fully saturated rings. The van der Waals surface area contributed by atoms with Gasteiger partial charge < -0.3 is 9.64 Å². The normalized spacial score (nSPS) is 15.7. The summed E-state index contributed by atoms with van der Waals surface area (Å²) in [4.78, 5) is 3.41. The van der Waals surface area contributed by atoms with Gasteiger partial charge in [0.25, 0.3) is 0 Å². The van der Waals surface area contributed by atoms with Crippen LogP contribution in [0.5, 0.6) is 5.75 Å². The molecule has 3 heterocycles. The van der Waals surface area contributed by atoms with Crippen molar-refractivity contribution in [3.8, 4) is 15.6 Å². The molecule has 0 aliphatic carbocycles. The van der Waals surface area contributed by atoms with Crippen LogP contribution in [0.3, 0.4) is 0 Å². The van der Waals surface area contributed by atoms with E-state index in [2.05, 4.69) is 15.1 Å². The minimum Gasteiger partial charge on any atom is -0.495 e. The first-order valence-electron chi connectivity index (χ1n) is 8.76. The molecule has 0 N–H and O–H groups in total. The number of methoxy groups -OCH3 is 1. The highest BCUT2D eigenvalue weighted by Gasteiger charge is 2.31. The highest BCUT2D eigenvalue weighted by molar-refractivity contribution is 7.89. The molecule has 4 rings (SSSR count). The molecule has 7 nitrogen and oxygen atoms in total. The maximum Gasteiger partial charge on any atom is 0.246 e. The van der Waals surface area contributed by atoms with E-state index in [0.29, 0.717) is 31.9 Å². The number of piperazine rings is 1. The van der Waals surface area contributed by atoms with E-state index in [4.69, 9.17) is 4.74 Å². The minimum atomic E-state index is -3.61. The molecule has 0 radical (unpaired) electrons. The van der Waals surface area contributed by atoms with Crippen molar-refractivity contribution in [2.45, 2.75) is 11.8 Å². The number of aryl methyl sites for hydroxylation is 1. The smallest absolute Gasteiger partial charge is 0.246 e. The van der Waals surface area contributed by atoms with E-state index in [1.165, 1.54) is 22.8 Å². The van der Waals surface area contributed by atoms with Crippen LogP contribution in [0.25, 0.3) is 9.88 Å². The van der Waals surface area contributed by atoms with Crippen LogP contribution in [0, 0.1) is 6.92 Å². The standard InChI is InChI=1S/C18H20N4O3S3/c1-13-5-6-14(25-2)16(12-13)28(23,24)22-9-7-21(8-10-22)18-20-19-17(27-18)15-4-3-11-26-15/h3-6,11-12H,7-10H2,1-2H3. The highest BCUT2D eigenvalue weighted by atomic mass is 32.2. The first-order chi connectivity index (χ1) is 13.5. The number of aromatic nitrogens is 2. The molecule has 10 heteroatoms. The number of rotatable bonds is 5. The van der Waals surface area contributed by atoms with Gasteiger partial charge in [0.1, 0.15) is 10.6 Å². The lowest BCUT2D eigenvalue weighted by Gasteiger charge is -2.33. The van der Waals surface area contributed by atoms with Gasteiger partial charge >= 0.3 is 0 Å². The Hall–Kier alpha value is -2.01. The Balaban J connectivity index is 1.49. The summed E-state index contributed by atoms with van der Waals surface area (Å²) in [5.41, 5.74) is 0.882. The lowest BCUT2D eigenvalue weighted by molar-refractivity contribution is 0.374. The fraction of sp³-hybridized carbons (Fsp3) is 0.333. The van der Waals surface area contributed by atoms with E-state index in [1.54, 1.807) is 23.5 Å². The van der Waals surface area contributed by atoms with Crippen molar-refractivity contribution in [3.05, 3.63) is 41.3 Å². The molecule has 2 aromatic heterocycles. The molecule has 0 unspecified atom stereocenters.